The van der Waals surface area contributed by atoms with E-state index in [0.29, 0.717) is 13.1 Å². The largest absolute Gasteiger partial charge is 0.490 e. The van der Waals surface area contributed by atoms with E-state index in [2.05, 4.69) is 5.32 Å². The average molecular weight is 298 g/mol. The van der Waals surface area contributed by atoms with Crippen molar-refractivity contribution in [1.82, 2.24) is 10.2 Å². The maximum absolute atomic E-state index is 11.7. The summed E-state index contributed by atoms with van der Waals surface area (Å²) in [6, 6.07) is 0. The van der Waals surface area contributed by atoms with Gasteiger partial charge in [0.2, 0.25) is 5.91 Å². The maximum Gasteiger partial charge on any atom is 0.490 e. The van der Waals surface area contributed by atoms with E-state index < -0.39 is 12.1 Å². The summed E-state index contributed by atoms with van der Waals surface area (Å²) < 4.78 is 31.7. The van der Waals surface area contributed by atoms with Crippen molar-refractivity contribution in [3.05, 3.63) is 0 Å². The van der Waals surface area contributed by atoms with Gasteiger partial charge in [-0.2, -0.15) is 13.2 Å². The van der Waals surface area contributed by atoms with Crippen LogP contribution in [0.25, 0.3) is 0 Å². The van der Waals surface area contributed by atoms with Gasteiger partial charge in [0, 0.05) is 19.0 Å². The van der Waals surface area contributed by atoms with E-state index in [1.807, 2.05) is 0 Å². The maximum atomic E-state index is 11.7. The van der Waals surface area contributed by atoms with Crippen molar-refractivity contribution in [2.45, 2.75) is 25.1 Å². The fraction of sp³-hybridized carbons (Fsp3) is 0.818. The number of hydrogen-bond acceptors (Lipinski definition) is 4. The van der Waals surface area contributed by atoms with Gasteiger partial charge in [-0.1, -0.05) is 0 Å². The smallest absolute Gasteiger partial charge is 0.475 e. The second-order valence-corrected chi connectivity index (χ2v) is 4.72. The van der Waals surface area contributed by atoms with Crippen LogP contribution in [0.5, 0.6) is 0 Å². The lowest BCUT2D eigenvalue weighted by Crippen LogP contribution is -2.56. The molecule has 2 heterocycles. The van der Waals surface area contributed by atoms with Crippen molar-refractivity contribution in [3.63, 3.8) is 0 Å². The highest BCUT2D eigenvalue weighted by Gasteiger charge is 2.38. The van der Waals surface area contributed by atoms with Gasteiger partial charge in [-0.25, -0.2) is 4.79 Å². The van der Waals surface area contributed by atoms with E-state index in [4.69, 9.17) is 15.0 Å². The summed E-state index contributed by atoms with van der Waals surface area (Å²) in [6.07, 6.45) is -3.46. The minimum absolute atomic E-state index is 0.203. The fourth-order valence-electron chi connectivity index (χ4n) is 1.96. The summed E-state index contributed by atoms with van der Waals surface area (Å²) in [5, 5.41) is 19.4. The number of nitrogens with zero attached hydrogens (tertiary/aromatic N) is 1. The standard InChI is InChI=1S/C9H16N2O2.C2HF3O2/c12-8-5-11(6-8)9(13)7-1-3-10-4-2-7;3-2(4,5)1(6)7/h7-8,10,12H,1-6H2;(H,6,7). The first-order valence-electron chi connectivity index (χ1n) is 6.19. The van der Waals surface area contributed by atoms with E-state index in [0.717, 1.165) is 25.9 Å². The van der Waals surface area contributed by atoms with Crippen LogP contribution in [-0.2, 0) is 9.59 Å². The number of likely N-dealkylation sites (tertiary alicyclic amines) is 1. The number of carbonyl (C=O) groups excluding carboxylic acids is 1. The molecular weight excluding hydrogens is 281 g/mol. The van der Waals surface area contributed by atoms with Gasteiger partial charge in [-0.3, -0.25) is 4.79 Å². The number of carbonyl (C=O) groups is 2. The van der Waals surface area contributed by atoms with Crippen molar-refractivity contribution in [3.8, 4) is 0 Å². The molecule has 0 spiro atoms. The lowest BCUT2D eigenvalue weighted by Gasteiger charge is -2.39. The van der Waals surface area contributed by atoms with Crippen molar-refractivity contribution in [2.75, 3.05) is 26.2 Å². The van der Waals surface area contributed by atoms with Crippen molar-refractivity contribution < 1.29 is 33.0 Å². The molecule has 9 heteroatoms. The number of hydrogen-bond donors (Lipinski definition) is 3. The molecule has 2 aliphatic heterocycles. The van der Waals surface area contributed by atoms with Crippen LogP contribution in [0.3, 0.4) is 0 Å². The van der Waals surface area contributed by atoms with Crippen LogP contribution in [-0.4, -0.2) is 65.4 Å². The van der Waals surface area contributed by atoms with E-state index in [-0.39, 0.29) is 17.9 Å². The summed E-state index contributed by atoms with van der Waals surface area (Å²) in [4.78, 5) is 22.4. The van der Waals surface area contributed by atoms with Crippen molar-refractivity contribution in [2.24, 2.45) is 5.92 Å². The second-order valence-electron chi connectivity index (χ2n) is 4.72. The molecule has 0 radical (unpaired) electrons. The first kappa shape index (κ1) is 16.7. The molecule has 0 saturated carbocycles. The predicted molar refractivity (Wildman–Crippen MR) is 61.9 cm³/mol. The van der Waals surface area contributed by atoms with Crippen molar-refractivity contribution >= 4 is 11.9 Å². The van der Waals surface area contributed by atoms with E-state index in [1.54, 1.807) is 4.90 Å². The first-order chi connectivity index (χ1) is 9.21. The SMILES string of the molecule is O=C(C1CCNCC1)N1CC(O)C1.O=C(O)C(F)(F)F. The van der Waals surface area contributed by atoms with Gasteiger partial charge in [-0.15, -0.1) is 0 Å². The number of nitrogens with one attached hydrogen (secondary N) is 1. The van der Waals surface area contributed by atoms with Crippen LogP contribution >= 0.6 is 0 Å². The third kappa shape index (κ3) is 4.97. The number of rotatable bonds is 1. The summed E-state index contributed by atoms with van der Waals surface area (Å²) in [5.74, 6) is -2.31. The molecular formula is C11H17F3N2O4. The lowest BCUT2D eigenvalue weighted by atomic mass is 9.95. The molecule has 2 saturated heterocycles. The molecule has 2 aliphatic rings. The quantitative estimate of drug-likeness (QED) is 0.625. The zero-order valence-electron chi connectivity index (χ0n) is 10.7. The molecule has 0 aromatic rings. The van der Waals surface area contributed by atoms with Crippen LogP contribution in [0.4, 0.5) is 13.2 Å². The number of halogens is 3. The molecule has 0 unspecified atom stereocenters. The van der Waals surface area contributed by atoms with Gasteiger partial charge in [0.05, 0.1) is 6.10 Å². The topological polar surface area (TPSA) is 89.9 Å². The summed E-state index contributed by atoms with van der Waals surface area (Å²) in [6.45, 7) is 2.99. The second kappa shape index (κ2) is 6.89. The van der Waals surface area contributed by atoms with Crippen LogP contribution in [0.2, 0.25) is 0 Å². The Balaban J connectivity index is 0.000000246. The number of alkyl halides is 3. The number of aliphatic hydroxyl groups excluding tert-OH is 1. The third-order valence-electron chi connectivity index (χ3n) is 3.10. The van der Waals surface area contributed by atoms with Crippen molar-refractivity contribution in [1.29, 1.82) is 0 Å². The number of piperidine rings is 1. The van der Waals surface area contributed by atoms with Gasteiger partial charge in [-0.05, 0) is 25.9 Å². The van der Waals surface area contributed by atoms with Crippen LogP contribution in [0, 0.1) is 5.92 Å². The predicted octanol–water partition coefficient (Wildman–Crippen LogP) is -0.178. The van der Waals surface area contributed by atoms with Gasteiger partial charge < -0.3 is 20.4 Å². The fourth-order valence-corrected chi connectivity index (χ4v) is 1.96. The number of β-amino-alcohol motifs (C(OH)–C–C–N with tert-alkyl or cyclic N) is 1. The highest BCUT2D eigenvalue weighted by atomic mass is 19.4. The Morgan fingerprint density at radius 3 is 1.95 bits per heavy atom. The van der Waals surface area contributed by atoms with Crippen LogP contribution < -0.4 is 5.32 Å². The molecule has 2 fully saturated rings. The monoisotopic (exact) mass is 298 g/mol. The first-order valence-corrected chi connectivity index (χ1v) is 6.19. The Hall–Kier alpha value is -1.35. The average Bonchev–Trinajstić information content (AvgIpc) is 2.35. The molecule has 0 aromatic heterocycles. The number of aliphatic hydroxyl groups is 1. The number of carboxylic acid groups (broad SMARTS) is 1. The summed E-state index contributed by atoms with van der Waals surface area (Å²) in [5.41, 5.74) is 0. The zero-order chi connectivity index (χ0) is 15.3. The highest BCUT2D eigenvalue weighted by molar-refractivity contribution is 5.79. The Morgan fingerprint density at radius 1 is 1.15 bits per heavy atom. The summed E-state index contributed by atoms with van der Waals surface area (Å²) >= 11 is 0. The van der Waals surface area contributed by atoms with Crippen LogP contribution in [0.15, 0.2) is 0 Å². The number of aliphatic carboxylic acids is 1. The summed E-state index contributed by atoms with van der Waals surface area (Å²) in [7, 11) is 0. The third-order valence-corrected chi connectivity index (χ3v) is 3.10. The molecule has 116 valence electrons. The Bertz CT molecular complexity index is 350. The highest BCUT2D eigenvalue weighted by Crippen LogP contribution is 2.19. The molecule has 0 atom stereocenters. The molecule has 2 rings (SSSR count). The molecule has 20 heavy (non-hydrogen) atoms. The minimum Gasteiger partial charge on any atom is -0.475 e. The molecule has 0 aromatic carbocycles. The van der Waals surface area contributed by atoms with Gasteiger partial charge in [0.15, 0.2) is 0 Å². The normalized spacial score (nSPS) is 20.7. The van der Waals surface area contributed by atoms with Crippen LogP contribution in [0.1, 0.15) is 12.8 Å². The molecule has 1 amide bonds. The van der Waals surface area contributed by atoms with Gasteiger partial charge >= 0.3 is 12.1 Å². The Kier molecular flexibility index (Phi) is 5.75. The Labute approximate surface area is 113 Å². The van der Waals surface area contributed by atoms with E-state index in [9.17, 15) is 18.0 Å². The van der Waals surface area contributed by atoms with E-state index in [1.165, 1.54) is 0 Å². The zero-order valence-corrected chi connectivity index (χ0v) is 10.7. The van der Waals surface area contributed by atoms with Gasteiger partial charge in [0.1, 0.15) is 0 Å². The molecule has 0 aliphatic carbocycles. The minimum atomic E-state index is -5.08. The van der Waals surface area contributed by atoms with Gasteiger partial charge in [0.25, 0.3) is 0 Å². The van der Waals surface area contributed by atoms with E-state index >= 15 is 0 Å². The molecule has 6 nitrogen and oxygen atoms in total. The molecule has 3 N–H and O–H groups in total. The number of carboxylic acids is 1. The lowest BCUT2D eigenvalue weighted by molar-refractivity contribution is -0.192. The molecule has 0 bridgehead atoms. The number of amides is 1. The Morgan fingerprint density at radius 2 is 1.60 bits per heavy atom.